The summed E-state index contributed by atoms with van der Waals surface area (Å²) in [7, 11) is 0. The summed E-state index contributed by atoms with van der Waals surface area (Å²) in [5, 5.41) is 3.54. The molecule has 0 aliphatic heterocycles. The maximum absolute atomic E-state index is 13.9. The van der Waals surface area contributed by atoms with Crippen LogP contribution < -0.4 is 5.73 Å². The summed E-state index contributed by atoms with van der Waals surface area (Å²) in [4.78, 5) is 3.83. The first-order valence-corrected chi connectivity index (χ1v) is 5.60. The van der Waals surface area contributed by atoms with Crippen LogP contribution in [0, 0.1) is 5.82 Å². The summed E-state index contributed by atoms with van der Waals surface area (Å²) < 4.78 is 56.5. The summed E-state index contributed by atoms with van der Waals surface area (Å²) in [6.07, 6.45) is -4.80. The van der Waals surface area contributed by atoms with Crippen molar-refractivity contribution in [1.29, 1.82) is 0 Å². The molecule has 0 aliphatic carbocycles. The molecule has 0 aliphatic rings. The first kappa shape index (κ1) is 14.4. The predicted molar refractivity (Wildman–Crippen MR) is 61.9 cm³/mol. The minimum atomic E-state index is -4.80. The van der Waals surface area contributed by atoms with Crippen LogP contribution in [-0.4, -0.2) is 10.1 Å². The Bertz CT molecular complexity index is 628. The van der Waals surface area contributed by atoms with Crippen LogP contribution in [0.1, 0.15) is 25.2 Å². The van der Waals surface area contributed by atoms with Gasteiger partial charge in [0.15, 0.2) is 5.82 Å². The molecule has 2 aromatic rings. The molecule has 1 aromatic carbocycles. The lowest BCUT2D eigenvalue weighted by atomic mass is 10.1. The Labute approximate surface area is 111 Å². The van der Waals surface area contributed by atoms with Crippen LogP contribution in [0.4, 0.5) is 17.6 Å². The molecular formula is C12H11F4N3O. The van der Waals surface area contributed by atoms with Crippen molar-refractivity contribution in [2.24, 2.45) is 5.73 Å². The van der Waals surface area contributed by atoms with Crippen LogP contribution in [0.25, 0.3) is 11.5 Å². The third kappa shape index (κ3) is 2.64. The number of alkyl halides is 3. The molecular weight excluding hydrogens is 278 g/mol. The fraction of sp³-hybridized carbons (Fsp3) is 0.333. The number of benzene rings is 1. The molecule has 20 heavy (non-hydrogen) atoms. The van der Waals surface area contributed by atoms with E-state index in [9.17, 15) is 17.6 Å². The first-order valence-electron chi connectivity index (χ1n) is 5.60. The van der Waals surface area contributed by atoms with Gasteiger partial charge >= 0.3 is 6.18 Å². The van der Waals surface area contributed by atoms with Crippen molar-refractivity contribution < 1.29 is 22.1 Å². The Kier molecular flexibility index (Phi) is 3.29. The summed E-state index contributed by atoms with van der Waals surface area (Å²) >= 11 is 0. The van der Waals surface area contributed by atoms with Crippen LogP contribution in [-0.2, 0) is 11.7 Å². The van der Waals surface area contributed by atoms with Crippen LogP contribution in [0.5, 0.6) is 0 Å². The van der Waals surface area contributed by atoms with Crippen LogP contribution in [0.2, 0.25) is 0 Å². The Morgan fingerprint density at radius 1 is 1.20 bits per heavy atom. The van der Waals surface area contributed by atoms with E-state index < -0.39 is 28.7 Å². The normalized spacial score (nSPS) is 12.8. The molecule has 0 saturated heterocycles. The van der Waals surface area contributed by atoms with Crippen molar-refractivity contribution >= 4 is 0 Å². The third-order valence-corrected chi connectivity index (χ3v) is 2.54. The lowest BCUT2D eigenvalue weighted by Crippen LogP contribution is -2.30. The number of halogens is 4. The number of nitrogens with zero attached hydrogens (tertiary/aromatic N) is 2. The Hall–Kier alpha value is -1.96. The molecule has 1 aromatic heterocycles. The highest BCUT2D eigenvalue weighted by molar-refractivity contribution is 5.56. The topological polar surface area (TPSA) is 64.9 Å². The number of hydrogen-bond acceptors (Lipinski definition) is 4. The van der Waals surface area contributed by atoms with Gasteiger partial charge in [-0.3, -0.25) is 0 Å². The fourth-order valence-electron chi connectivity index (χ4n) is 1.51. The second-order valence-electron chi connectivity index (χ2n) is 4.81. The van der Waals surface area contributed by atoms with Gasteiger partial charge in [-0.25, -0.2) is 4.39 Å². The molecule has 0 amide bonds. The van der Waals surface area contributed by atoms with Gasteiger partial charge in [-0.2, -0.15) is 18.2 Å². The van der Waals surface area contributed by atoms with E-state index in [1.54, 1.807) is 13.8 Å². The minimum absolute atomic E-state index is 0.0734. The first-order chi connectivity index (χ1) is 9.10. The Morgan fingerprint density at radius 2 is 1.85 bits per heavy atom. The molecule has 0 fully saturated rings. The average molecular weight is 289 g/mol. The lowest BCUT2D eigenvalue weighted by molar-refractivity contribution is -0.139. The van der Waals surface area contributed by atoms with E-state index in [4.69, 9.17) is 10.3 Å². The van der Waals surface area contributed by atoms with Crippen LogP contribution in [0.3, 0.4) is 0 Å². The van der Waals surface area contributed by atoms with Gasteiger partial charge in [-0.05, 0) is 26.0 Å². The van der Waals surface area contributed by atoms with Crippen LogP contribution >= 0.6 is 0 Å². The van der Waals surface area contributed by atoms with E-state index in [-0.39, 0.29) is 11.7 Å². The maximum Gasteiger partial charge on any atom is 0.419 e. The van der Waals surface area contributed by atoms with Crippen molar-refractivity contribution in [2.75, 3.05) is 0 Å². The molecule has 0 radical (unpaired) electrons. The Balaban J connectivity index is 2.52. The molecule has 2 N–H and O–H groups in total. The zero-order chi connectivity index (χ0) is 15.1. The zero-order valence-electron chi connectivity index (χ0n) is 10.6. The van der Waals surface area contributed by atoms with E-state index >= 15 is 0 Å². The smallest absolute Gasteiger partial charge is 0.334 e. The molecule has 0 saturated carbocycles. The zero-order valence-corrected chi connectivity index (χ0v) is 10.6. The highest BCUT2D eigenvalue weighted by Crippen LogP contribution is 2.35. The summed E-state index contributed by atoms with van der Waals surface area (Å²) in [6.45, 7) is 3.17. The summed E-state index contributed by atoms with van der Waals surface area (Å²) in [6, 6.07) is 2.84. The largest absolute Gasteiger partial charge is 0.419 e. The lowest BCUT2D eigenvalue weighted by Gasteiger charge is -2.11. The van der Waals surface area contributed by atoms with Gasteiger partial charge in [-0.1, -0.05) is 11.2 Å². The quantitative estimate of drug-likeness (QED) is 0.863. The van der Waals surface area contributed by atoms with Gasteiger partial charge in [0.1, 0.15) is 5.82 Å². The van der Waals surface area contributed by atoms with Crippen molar-refractivity contribution in [2.45, 2.75) is 25.6 Å². The molecule has 2 rings (SSSR count). The fourth-order valence-corrected chi connectivity index (χ4v) is 1.51. The van der Waals surface area contributed by atoms with Crippen molar-refractivity contribution in [1.82, 2.24) is 10.1 Å². The van der Waals surface area contributed by atoms with Gasteiger partial charge in [-0.15, -0.1) is 0 Å². The molecule has 4 nitrogen and oxygen atoms in total. The van der Waals surface area contributed by atoms with Gasteiger partial charge in [0.2, 0.25) is 0 Å². The van der Waals surface area contributed by atoms with E-state index in [2.05, 4.69) is 10.1 Å². The molecule has 0 atom stereocenters. The predicted octanol–water partition coefficient (Wildman–Crippen LogP) is 3.09. The third-order valence-electron chi connectivity index (χ3n) is 2.54. The summed E-state index contributed by atoms with van der Waals surface area (Å²) in [5.41, 5.74) is 2.98. The van der Waals surface area contributed by atoms with Crippen LogP contribution in [0.15, 0.2) is 22.7 Å². The van der Waals surface area contributed by atoms with E-state index in [0.29, 0.717) is 6.07 Å². The summed E-state index contributed by atoms with van der Waals surface area (Å²) in [5.74, 6) is -1.73. The highest BCUT2D eigenvalue weighted by atomic mass is 19.4. The van der Waals surface area contributed by atoms with Gasteiger partial charge in [0.05, 0.1) is 16.7 Å². The highest BCUT2D eigenvalue weighted by Gasteiger charge is 2.36. The molecule has 0 bridgehead atoms. The molecule has 0 spiro atoms. The van der Waals surface area contributed by atoms with Gasteiger partial charge in [0, 0.05) is 0 Å². The Morgan fingerprint density at radius 3 is 2.35 bits per heavy atom. The minimum Gasteiger partial charge on any atom is -0.334 e. The van der Waals surface area contributed by atoms with Gasteiger partial charge < -0.3 is 10.3 Å². The van der Waals surface area contributed by atoms with Gasteiger partial charge in [0.25, 0.3) is 5.89 Å². The van der Waals surface area contributed by atoms with Crippen molar-refractivity contribution in [3.05, 3.63) is 35.4 Å². The number of aromatic nitrogens is 2. The number of rotatable bonds is 2. The number of nitrogens with two attached hydrogens (primary N) is 1. The maximum atomic E-state index is 13.9. The second kappa shape index (κ2) is 4.55. The molecule has 108 valence electrons. The van der Waals surface area contributed by atoms with E-state index in [0.717, 1.165) is 12.1 Å². The number of hydrogen-bond donors (Lipinski definition) is 1. The van der Waals surface area contributed by atoms with Crippen molar-refractivity contribution in [3.8, 4) is 11.5 Å². The second-order valence-corrected chi connectivity index (χ2v) is 4.81. The average Bonchev–Trinajstić information content (AvgIpc) is 2.76. The van der Waals surface area contributed by atoms with E-state index in [1.165, 1.54) is 0 Å². The molecule has 0 unspecified atom stereocenters. The van der Waals surface area contributed by atoms with Crippen molar-refractivity contribution in [3.63, 3.8) is 0 Å². The standard InChI is InChI=1S/C12H11F4N3O/c1-11(2,17)10-18-9(20-19-10)6-4-3-5-7(8(6)13)12(14,15)16/h3-5H,17H2,1-2H3. The molecule has 8 heteroatoms. The SMILES string of the molecule is CC(C)(N)c1noc(-c2cccc(C(F)(F)F)c2F)n1. The monoisotopic (exact) mass is 289 g/mol. The molecule has 1 heterocycles. The van der Waals surface area contributed by atoms with E-state index in [1.807, 2.05) is 0 Å².